The predicted molar refractivity (Wildman–Crippen MR) is 117 cm³/mol. The summed E-state index contributed by atoms with van der Waals surface area (Å²) in [5, 5.41) is 25.3. The van der Waals surface area contributed by atoms with Crippen LogP contribution < -0.4 is 11.1 Å². The van der Waals surface area contributed by atoms with E-state index in [1.165, 1.54) is 11.8 Å². The molecule has 0 aromatic carbocycles. The Morgan fingerprint density at radius 2 is 2.22 bits per heavy atom. The molecule has 1 saturated heterocycles. The highest BCUT2D eigenvalue weighted by Gasteiger charge is 2.54. The maximum absolute atomic E-state index is 12.7. The van der Waals surface area contributed by atoms with E-state index in [1.807, 2.05) is 20.0 Å². The van der Waals surface area contributed by atoms with Gasteiger partial charge in [0.05, 0.1) is 20.1 Å². The molecule has 1 aromatic heterocycles. The molecule has 2 amide bonds. The van der Waals surface area contributed by atoms with E-state index in [9.17, 15) is 24.7 Å². The maximum atomic E-state index is 12.7. The van der Waals surface area contributed by atoms with Crippen molar-refractivity contribution in [3.63, 3.8) is 0 Å². The average molecular weight is 481 g/mol. The first kappa shape index (κ1) is 23.7. The third-order valence-electron chi connectivity index (χ3n) is 5.08. The Kier molecular flexibility index (Phi) is 6.85. The topological polar surface area (TPSA) is 171 Å². The van der Waals surface area contributed by atoms with Gasteiger partial charge in [0.2, 0.25) is 11.5 Å². The second kappa shape index (κ2) is 9.26. The van der Waals surface area contributed by atoms with Gasteiger partial charge in [0, 0.05) is 17.3 Å². The number of carboxylic acids is 1. The number of β-lactam (4-membered cyclic amide) rings is 1. The molecular weight excluding hydrogens is 458 g/mol. The van der Waals surface area contributed by atoms with Crippen molar-refractivity contribution in [2.75, 3.05) is 31.6 Å². The Morgan fingerprint density at radius 1 is 1.50 bits per heavy atom. The molecule has 12 nitrogen and oxygen atoms in total. The summed E-state index contributed by atoms with van der Waals surface area (Å²) in [6, 6.07) is -1.01. The molecule has 2 radical (unpaired) electrons. The van der Waals surface area contributed by atoms with Crippen LogP contribution in [0, 0.1) is 7.05 Å². The number of carbonyl (C=O) groups excluding carboxylic acids is 2. The van der Waals surface area contributed by atoms with Gasteiger partial charge in [-0.15, -0.1) is 17.0 Å². The minimum absolute atomic E-state index is 0.0522. The molecule has 0 aliphatic carbocycles. The van der Waals surface area contributed by atoms with Crippen molar-refractivity contribution in [1.29, 1.82) is 0 Å². The summed E-state index contributed by atoms with van der Waals surface area (Å²) in [5.41, 5.74) is 5.23. The minimum Gasteiger partial charge on any atom is -0.477 e. The lowest BCUT2D eigenvalue weighted by molar-refractivity contribution is -0.858. The number of aromatic nitrogens is 2. The molecule has 3 rings (SSSR count). The smallest absolute Gasteiger partial charge is 0.352 e. The predicted octanol–water partition coefficient (Wildman–Crippen LogP) is -0.192. The van der Waals surface area contributed by atoms with E-state index in [-0.39, 0.29) is 16.7 Å². The number of fused-ring (bicyclic) bond motifs is 1. The number of aliphatic carboxylic acids is 1. The molecular formula is C18H22N7O5S2+. The molecule has 4 N–H and O–H groups in total. The number of hydrogen-bond donors (Lipinski definition) is 3. The molecule has 3 unspecified atom stereocenters. The van der Waals surface area contributed by atoms with E-state index >= 15 is 0 Å². The summed E-state index contributed by atoms with van der Waals surface area (Å²) >= 11 is 2.10. The third kappa shape index (κ3) is 4.61. The van der Waals surface area contributed by atoms with E-state index < -0.39 is 34.9 Å². The van der Waals surface area contributed by atoms with Gasteiger partial charge in [0.1, 0.15) is 24.2 Å². The fourth-order valence-electron chi connectivity index (χ4n) is 3.07. The summed E-state index contributed by atoms with van der Waals surface area (Å²) in [6.07, 6.45) is 3.53. The Morgan fingerprint density at radius 3 is 2.78 bits per heavy atom. The van der Waals surface area contributed by atoms with Gasteiger partial charge in [-0.1, -0.05) is 6.08 Å². The lowest BCUT2D eigenvalue weighted by atomic mass is 10.0. The molecule has 1 aromatic rings. The van der Waals surface area contributed by atoms with Gasteiger partial charge in [-0.2, -0.15) is 9.36 Å². The quantitative estimate of drug-likeness (QED) is 0.199. The number of amides is 2. The summed E-state index contributed by atoms with van der Waals surface area (Å²) < 4.78 is 4.26. The number of carboxylic acid groups (broad SMARTS) is 1. The lowest BCUT2D eigenvalue weighted by Gasteiger charge is -2.49. The van der Waals surface area contributed by atoms with Crippen LogP contribution in [0.15, 0.2) is 28.6 Å². The van der Waals surface area contributed by atoms with Crippen LogP contribution in [0.3, 0.4) is 0 Å². The van der Waals surface area contributed by atoms with Crippen molar-refractivity contribution in [1.82, 2.24) is 19.6 Å². The normalized spacial score (nSPS) is 21.5. The van der Waals surface area contributed by atoms with Crippen LogP contribution in [-0.2, 0) is 19.6 Å². The van der Waals surface area contributed by atoms with E-state index in [1.54, 1.807) is 6.08 Å². The van der Waals surface area contributed by atoms with Crippen molar-refractivity contribution >= 4 is 51.9 Å². The van der Waals surface area contributed by atoms with E-state index in [4.69, 9.17) is 5.73 Å². The van der Waals surface area contributed by atoms with Crippen LogP contribution in [0.5, 0.6) is 0 Å². The summed E-state index contributed by atoms with van der Waals surface area (Å²) in [7, 11) is 6.00. The zero-order valence-electron chi connectivity index (χ0n) is 17.3. The number of hydrogen-bond acceptors (Lipinski definition) is 9. The van der Waals surface area contributed by atoms with Crippen molar-refractivity contribution in [3.05, 3.63) is 36.3 Å². The number of carbonyl (C=O) groups is 3. The van der Waals surface area contributed by atoms with E-state index in [0.29, 0.717) is 22.4 Å². The van der Waals surface area contributed by atoms with Gasteiger partial charge in [0.15, 0.2) is 5.13 Å². The summed E-state index contributed by atoms with van der Waals surface area (Å²) in [6.45, 7) is 3.40. The van der Waals surface area contributed by atoms with Crippen LogP contribution in [0.4, 0.5) is 5.13 Å². The van der Waals surface area contributed by atoms with Gasteiger partial charge in [-0.05, 0) is 23.7 Å². The zero-order chi connectivity index (χ0) is 23.6. The largest absolute Gasteiger partial charge is 0.477 e. The Bertz CT molecular complexity index is 1030. The molecule has 3 atom stereocenters. The van der Waals surface area contributed by atoms with Crippen molar-refractivity contribution in [2.24, 2.45) is 5.16 Å². The number of allylic oxidation sites excluding steroid dienone is 1. The molecule has 1 fully saturated rings. The number of nitrogens with zero attached hydrogens (tertiary/aromatic N) is 5. The average Bonchev–Trinajstić information content (AvgIpc) is 3.17. The Hall–Kier alpha value is -2.97. The van der Waals surface area contributed by atoms with Crippen LogP contribution >= 0.6 is 23.3 Å². The third-order valence-corrected chi connectivity index (χ3v) is 6.92. The number of rotatable bonds is 8. The number of nitrogens with one attached hydrogen (secondary N) is 1. The highest BCUT2D eigenvalue weighted by molar-refractivity contribution is 8.00. The van der Waals surface area contributed by atoms with Gasteiger partial charge in [-0.25, -0.2) is 4.79 Å². The van der Waals surface area contributed by atoms with E-state index in [2.05, 4.69) is 26.9 Å². The van der Waals surface area contributed by atoms with Gasteiger partial charge < -0.3 is 20.6 Å². The molecule has 0 saturated carbocycles. The van der Waals surface area contributed by atoms with Crippen molar-refractivity contribution in [3.8, 4) is 0 Å². The Labute approximate surface area is 192 Å². The molecule has 14 heteroatoms. The number of nitrogen functional groups attached to an aromatic ring is 1. The number of anilines is 1. The van der Waals surface area contributed by atoms with Gasteiger partial charge in [0.25, 0.3) is 11.8 Å². The second-order valence-electron chi connectivity index (χ2n) is 7.46. The molecule has 0 spiro atoms. The van der Waals surface area contributed by atoms with Crippen LogP contribution in [-0.4, -0.2) is 84.6 Å². The lowest BCUT2D eigenvalue weighted by Crippen LogP contribution is -2.71. The minimum atomic E-state index is -1.24. The van der Waals surface area contributed by atoms with Crippen molar-refractivity contribution in [2.45, 2.75) is 18.3 Å². The first-order valence-corrected chi connectivity index (χ1v) is 11.3. The molecule has 2 aliphatic heterocycles. The standard InChI is InChI=1S/C18H22N7O5S2/c1-4-25(2,3)7-5-6-9-8-31-16-11(15(27)24(16)12(9)17(28)29)20-14(26)10(22-30)13-21-18(19)32-23-13/h5-6,11,16H,2,4,7-8H2,1,3H3,(H,20,26)(H,28,29)(H2,19,21,23)/q+1/b6-5+,22-10+. The summed E-state index contributed by atoms with van der Waals surface area (Å²) in [5.74, 6) is -2.67. The van der Waals surface area contributed by atoms with Crippen LogP contribution in [0.2, 0.25) is 0 Å². The number of nitrogens with two attached hydrogens (primary N) is 1. The molecule has 2 aliphatic rings. The Balaban J connectivity index is 1.75. The number of quaternary nitrogens is 1. The first-order chi connectivity index (χ1) is 15.1. The van der Waals surface area contributed by atoms with Crippen LogP contribution in [0.25, 0.3) is 0 Å². The van der Waals surface area contributed by atoms with Crippen molar-refractivity contribution < 1.29 is 29.2 Å². The number of thioether (sulfide) groups is 1. The molecule has 3 heterocycles. The fourth-order valence-corrected chi connectivity index (χ4v) is 4.83. The molecule has 170 valence electrons. The monoisotopic (exact) mass is 480 g/mol. The second-order valence-corrected chi connectivity index (χ2v) is 9.35. The maximum Gasteiger partial charge on any atom is 0.352 e. The zero-order valence-corrected chi connectivity index (χ0v) is 19.0. The molecule has 32 heavy (non-hydrogen) atoms. The fraction of sp³-hybridized carbons (Fsp3) is 0.389. The SMILES string of the molecule is [CH2][N+](C)(CC)C/C=C/C1=C(C(=O)O)N2C(=O)C(NC(=O)/C(=N/[O])c3nsc(N)n3)C2SC1. The summed E-state index contributed by atoms with van der Waals surface area (Å²) in [4.78, 5) is 42.0. The van der Waals surface area contributed by atoms with Gasteiger partial charge >= 0.3 is 5.97 Å². The van der Waals surface area contributed by atoms with Gasteiger partial charge in [-0.3, -0.25) is 14.5 Å². The number of likely N-dealkylation sites (N-methyl/N-ethyl adjacent to an activating group) is 1. The van der Waals surface area contributed by atoms with Crippen LogP contribution in [0.1, 0.15) is 12.7 Å². The first-order valence-electron chi connectivity index (χ1n) is 9.47. The highest BCUT2D eigenvalue weighted by atomic mass is 32.2. The van der Waals surface area contributed by atoms with E-state index in [0.717, 1.165) is 23.0 Å². The molecule has 0 bridgehead atoms. The highest BCUT2D eigenvalue weighted by Crippen LogP contribution is 2.40.